The summed E-state index contributed by atoms with van der Waals surface area (Å²) >= 11 is 0. The van der Waals surface area contributed by atoms with Crippen LogP contribution in [0.5, 0.6) is 0 Å². The van der Waals surface area contributed by atoms with Gasteiger partial charge in [0.15, 0.2) is 0 Å². The van der Waals surface area contributed by atoms with E-state index >= 15 is 0 Å². The van der Waals surface area contributed by atoms with Crippen molar-refractivity contribution in [1.29, 1.82) is 0 Å². The van der Waals surface area contributed by atoms with Crippen molar-refractivity contribution in [2.45, 2.75) is 44.6 Å². The Morgan fingerprint density at radius 2 is 2.06 bits per heavy atom. The molecule has 1 amide bonds. The number of hydrogen-bond donors (Lipinski definition) is 2. The van der Waals surface area contributed by atoms with E-state index in [0.29, 0.717) is 12.0 Å². The number of ether oxygens (including phenoxy) is 1. The van der Waals surface area contributed by atoms with E-state index in [1.54, 1.807) is 0 Å². The Morgan fingerprint density at radius 3 is 2.76 bits per heavy atom. The fourth-order valence-electron chi connectivity index (χ4n) is 2.62. The van der Waals surface area contributed by atoms with E-state index in [9.17, 15) is 4.79 Å². The second-order valence-corrected chi connectivity index (χ2v) is 5.23. The minimum absolute atomic E-state index is 0.0440. The van der Waals surface area contributed by atoms with Crippen LogP contribution in [-0.2, 0) is 9.53 Å². The maximum atomic E-state index is 11.6. The molecule has 0 aromatic carbocycles. The molecule has 0 spiro atoms. The molecule has 2 rings (SSSR count). The maximum absolute atomic E-state index is 11.6. The SMILES string of the molecule is O=C(COC1CCCCC1)NCC1CCNC1. The van der Waals surface area contributed by atoms with Gasteiger partial charge < -0.3 is 15.4 Å². The van der Waals surface area contributed by atoms with Gasteiger partial charge in [-0.1, -0.05) is 19.3 Å². The highest BCUT2D eigenvalue weighted by atomic mass is 16.5. The first-order valence-corrected chi connectivity index (χ1v) is 6.93. The van der Waals surface area contributed by atoms with E-state index in [0.717, 1.165) is 32.5 Å². The van der Waals surface area contributed by atoms with Gasteiger partial charge in [0.05, 0.1) is 6.10 Å². The lowest BCUT2D eigenvalue weighted by Gasteiger charge is -2.21. The third kappa shape index (κ3) is 4.64. The highest BCUT2D eigenvalue weighted by Crippen LogP contribution is 2.19. The van der Waals surface area contributed by atoms with Crippen molar-refractivity contribution in [1.82, 2.24) is 10.6 Å². The lowest BCUT2D eigenvalue weighted by Crippen LogP contribution is -2.34. The van der Waals surface area contributed by atoms with Gasteiger partial charge in [0, 0.05) is 6.54 Å². The molecule has 1 unspecified atom stereocenters. The Morgan fingerprint density at radius 1 is 1.24 bits per heavy atom. The molecule has 0 aromatic heterocycles. The molecule has 0 bridgehead atoms. The average molecular weight is 240 g/mol. The molecule has 4 heteroatoms. The van der Waals surface area contributed by atoms with Crippen LogP contribution in [0.15, 0.2) is 0 Å². The second-order valence-electron chi connectivity index (χ2n) is 5.23. The van der Waals surface area contributed by atoms with E-state index in [-0.39, 0.29) is 12.5 Å². The smallest absolute Gasteiger partial charge is 0.246 e. The fraction of sp³-hybridized carbons (Fsp3) is 0.923. The monoisotopic (exact) mass is 240 g/mol. The molecular formula is C13H24N2O2. The van der Waals surface area contributed by atoms with Crippen molar-refractivity contribution in [3.05, 3.63) is 0 Å². The second kappa shape index (κ2) is 6.97. The Labute approximate surface area is 103 Å². The first-order valence-electron chi connectivity index (χ1n) is 6.93. The number of rotatable bonds is 5. The van der Waals surface area contributed by atoms with E-state index in [1.165, 1.54) is 25.7 Å². The highest BCUT2D eigenvalue weighted by Gasteiger charge is 2.17. The molecule has 1 aliphatic heterocycles. The summed E-state index contributed by atoms with van der Waals surface area (Å²) in [6.07, 6.45) is 7.56. The maximum Gasteiger partial charge on any atom is 0.246 e. The van der Waals surface area contributed by atoms with Gasteiger partial charge in [-0.05, 0) is 38.3 Å². The zero-order valence-electron chi connectivity index (χ0n) is 10.5. The summed E-state index contributed by atoms with van der Waals surface area (Å²) in [5.74, 6) is 0.649. The Hall–Kier alpha value is -0.610. The van der Waals surface area contributed by atoms with E-state index in [1.807, 2.05) is 0 Å². The summed E-state index contributed by atoms with van der Waals surface area (Å²) in [6, 6.07) is 0. The summed E-state index contributed by atoms with van der Waals surface area (Å²) < 4.78 is 5.63. The van der Waals surface area contributed by atoms with Gasteiger partial charge in [-0.2, -0.15) is 0 Å². The number of amides is 1. The molecule has 1 aliphatic carbocycles. The van der Waals surface area contributed by atoms with Crippen LogP contribution < -0.4 is 10.6 Å². The first-order chi connectivity index (χ1) is 8.34. The summed E-state index contributed by atoms with van der Waals surface area (Å²) in [4.78, 5) is 11.6. The van der Waals surface area contributed by atoms with Crippen LogP contribution in [0.2, 0.25) is 0 Å². The molecule has 2 N–H and O–H groups in total. The fourth-order valence-corrected chi connectivity index (χ4v) is 2.62. The van der Waals surface area contributed by atoms with E-state index in [4.69, 9.17) is 4.74 Å². The molecule has 1 saturated carbocycles. The van der Waals surface area contributed by atoms with E-state index in [2.05, 4.69) is 10.6 Å². The van der Waals surface area contributed by atoms with Crippen molar-refractivity contribution in [3.63, 3.8) is 0 Å². The number of nitrogens with one attached hydrogen (secondary N) is 2. The molecule has 4 nitrogen and oxygen atoms in total. The van der Waals surface area contributed by atoms with Crippen molar-refractivity contribution < 1.29 is 9.53 Å². The van der Waals surface area contributed by atoms with Gasteiger partial charge in [0.1, 0.15) is 6.61 Å². The van der Waals surface area contributed by atoms with Crippen LogP contribution in [0.3, 0.4) is 0 Å². The third-order valence-electron chi connectivity index (χ3n) is 3.75. The largest absolute Gasteiger partial charge is 0.368 e. The number of carbonyl (C=O) groups is 1. The van der Waals surface area contributed by atoms with Crippen molar-refractivity contribution in [2.75, 3.05) is 26.2 Å². The molecule has 0 radical (unpaired) electrons. The Balaban J connectivity index is 1.53. The van der Waals surface area contributed by atoms with Crippen LogP contribution in [0.25, 0.3) is 0 Å². The van der Waals surface area contributed by atoms with Crippen LogP contribution in [0.4, 0.5) is 0 Å². The lowest BCUT2D eigenvalue weighted by atomic mass is 9.98. The van der Waals surface area contributed by atoms with E-state index < -0.39 is 0 Å². The average Bonchev–Trinajstić information content (AvgIpc) is 2.88. The standard InChI is InChI=1S/C13H24N2O2/c16-13(15-9-11-6-7-14-8-11)10-17-12-4-2-1-3-5-12/h11-12,14H,1-10H2,(H,15,16). The van der Waals surface area contributed by atoms with Crippen LogP contribution >= 0.6 is 0 Å². The third-order valence-corrected chi connectivity index (χ3v) is 3.75. The topological polar surface area (TPSA) is 50.4 Å². The quantitative estimate of drug-likeness (QED) is 0.755. The normalized spacial score (nSPS) is 26.0. The first kappa shape index (κ1) is 12.8. The van der Waals surface area contributed by atoms with Gasteiger partial charge in [0.25, 0.3) is 0 Å². The number of hydrogen-bond acceptors (Lipinski definition) is 3. The van der Waals surface area contributed by atoms with Crippen LogP contribution in [0, 0.1) is 5.92 Å². The van der Waals surface area contributed by atoms with Gasteiger partial charge in [-0.3, -0.25) is 4.79 Å². The summed E-state index contributed by atoms with van der Waals surface area (Å²) in [6.45, 7) is 3.15. The van der Waals surface area contributed by atoms with Gasteiger partial charge >= 0.3 is 0 Å². The molecular weight excluding hydrogens is 216 g/mol. The molecule has 1 atom stereocenters. The summed E-state index contributed by atoms with van der Waals surface area (Å²) in [5, 5.41) is 6.26. The summed E-state index contributed by atoms with van der Waals surface area (Å²) in [5.41, 5.74) is 0. The predicted molar refractivity (Wildman–Crippen MR) is 66.8 cm³/mol. The Bertz CT molecular complexity index is 234. The number of carbonyl (C=O) groups excluding carboxylic acids is 1. The lowest BCUT2D eigenvalue weighted by molar-refractivity contribution is -0.128. The zero-order valence-corrected chi connectivity index (χ0v) is 10.5. The van der Waals surface area contributed by atoms with Crippen molar-refractivity contribution in [3.8, 4) is 0 Å². The van der Waals surface area contributed by atoms with Crippen molar-refractivity contribution in [2.24, 2.45) is 5.92 Å². The molecule has 2 fully saturated rings. The highest BCUT2D eigenvalue weighted by molar-refractivity contribution is 5.77. The molecule has 2 aliphatic rings. The zero-order chi connectivity index (χ0) is 11.9. The Kier molecular flexibility index (Phi) is 5.26. The molecule has 17 heavy (non-hydrogen) atoms. The van der Waals surface area contributed by atoms with Crippen LogP contribution in [0.1, 0.15) is 38.5 Å². The molecule has 98 valence electrons. The van der Waals surface area contributed by atoms with Gasteiger partial charge in [-0.25, -0.2) is 0 Å². The molecule has 0 aromatic rings. The van der Waals surface area contributed by atoms with Crippen molar-refractivity contribution >= 4 is 5.91 Å². The molecule has 1 heterocycles. The summed E-state index contributed by atoms with van der Waals surface area (Å²) in [7, 11) is 0. The minimum atomic E-state index is 0.0440. The minimum Gasteiger partial charge on any atom is -0.368 e. The van der Waals surface area contributed by atoms with Gasteiger partial charge in [0.2, 0.25) is 5.91 Å². The van der Waals surface area contributed by atoms with Crippen LogP contribution in [-0.4, -0.2) is 38.3 Å². The molecule has 1 saturated heterocycles. The predicted octanol–water partition coefficient (Wildman–Crippen LogP) is 1.06. The van der Waals surface area contributed by atoms with Gasteiger partial charge in [-0.15, -0.1) is 0 Å².